The lowest BCUT2D eigenvalue weighted by Crippen LogP contribution is -2.44. The van der Waals surface area contributed by atoms with Gasteiger partial charge in [-0.2, -0.15) is 5.26 Å². The fourth-order valence-corrected chi connectivity index (χ4v) is 3.79. The third kappa shape index (κ3) is 2.83. The van der Waals surface area contributed by atoms with Crippen LogP contribution in [-0.2, 0) is 4.43 Å². The summed E-state index contributed by atoms with van der Waals surface area (Å²) < 4.78 is 6.04. The van der Waals surface area contributed by atoms with Gasteiger partial charge in [0.1, 0.15) is 5.60 Å². The molecule has 0 spiro atoms. The van der Waals surface area contributed by atoms with Crippen molar-refractivity contribution in [2.45, 2.75) is 57.8 Å². The zero-order chi connectivity index (χ0) is 10.8. The summed E-state index contributed by atoms with van der Waals surface area (Å²) in [6.45, 7) is 8.42. The second-order valence-electron chi connectivity index (χ2n) is 5.41. The molecule has 0 amide bonds. The van der Waals surface area contributed by atoms with E-state index >= 15 is 0 Å². The van der Waals surface area contributed by atoms with Gasteiger partial charge in [-0.1, -0.05) is 12.8 Å². The largest absolute Gasteiger partial charge is 0.400 e. The standard InChI is InChI=1S/C11H21NOSi/c1-11(9-12,13-14(2,3)4)10-7-5-6-8-10/h10H,5-8H2,1-4H3. The Morgan fingerprint density at radius 3 is 2.14 bits per heavy atom. The van der Waals surface area contributed by atoms with E-state index in [2.05, 4.69) is 25.7 Å². The zero-order valence-electron chi connectivity index (χ0n) is 9.76. The van der Waals surface area contributed by atoms with Gasteiger partial charge in [-0.05, 0) is 39.4 Å². The second-order valence-corrected chi connectivity index (χ2v) is 9.84. The van der Waals surface area contributed by atoms with Crippen molar-refractivity contribution < 1.29 is 4.43 Å². The van der Waals surface area contributed by atoms with E-state index in [1.807, 2.05) is 6.92 Å². The molecule has 14 heavy (non-hydrogen) atoms. The van der Waals surface area contributed by atoms with E-state index in [0.717, 1.165) is 12.8 Å². The van der Waals surface area contributed by atoms with E-state index in [1.165, 1.54) is 12.8 Å². The van der Waals surface area contributed by atoms with E-state index in [9.17, 15) is 5.26 Å². The van der Waals surface area contributed by atoms with E-state index in [0.29, 0.717) is 5.92 Å². The Hall–Kier alpha value is -0.333. The average Bonchev–Trinajstić information content (AvgIpc) is 2.53. The van der Waals surface area contributed by atoms with Gasteiger partial charge in [0.05, 0.1) is 6.07 Å². The van der Waals surface area contributed by atoms with Crippen LogP contribution in [0.3, 0.4) is 0 Å². The van der Waals surface area contributed by atoms with Gasteiger partial charge in [0.25, 0.3) is 0 Å². The molecule has 0 aromatic heterocycles. The first-order chi connectivity index (χ1) is 6.37. The first kappa shape index (κ1) is 11.7. The van der Waals surface area contributed by atoms with E-state index < -0.39 is 13.9 Å². The summed E-state index contributed by atoms with van der Waals surface area (Å²) in [6, 6.07) is 2.39. The lowest BCUT2D eigenvalue weighted by atomic mass is 9.89. The van der Waals surface area contributed by atoms with Crippen molar-refractivity contribution in [2.24, 2.45) is 5.92 Å². The Morgan fingerprint density at radius 1 is 1.29 bits per heavy atom. The van der Waals surface area contributed by atoms with Gasteiger partial charge in [0.15, 0.2) is 8.32 Å². The molecule has 0 aliphatic heterocycles. The molecule has 1 fully saturated rings. The number of hydrogen-bond acceptors (Lipinski definition) is 2. The molecule has 1 unspecified atom stereocenters. The molecular weight excluding hydrogens is 190 g/mol. The minimum atomic E-state index is -1.60. The number of nitrogens with zero attached hydrogens (tertiary/aromatic N) is 1. The second kappa shape index (κ2) is 4.04. The topological polar surface area (TPSA) is 33.0 Å². The van der Waals surface area contributed by atoms with E-state index in [4.69, 9.17) is 4.43 Å². The molecule has 0 radical (unpaired) electrons. The third-order valence-electron chi connectivity index (χ3n) is 2.87. The van der Waals surface area contributed by atoms with E-state index in [1.54, 1.807) is 0 Å². The molecule has 0 heterocycles. The Kier molecular flexibility index (Phi) is 3.39. The minimum Gasteiger partial charge on any atom is -0.400 e. The fourth-order valence-electron chi connectivity index (χ4n) is 2.31. The molecule has 0 N–H and O–H groups in total. The van der Waals surface area contributed by atoms with Crippen molar-refractivity contribution in [2.75, 3.05) is 0 Å². The van der Waals surface area contributed by atoms with Gasteiger partial charge >= 0.3 is 0 Å². The lowest BCUT2D eigenvalue weighted by Gasteiger charge is -2.35. The SMILES string of the molecule is CC(C#N)(O[Si](C)(C)C)C1CCCC1. The molecular formula is C11H21NOSi. The maximum absolute atomic E-state index is 9.26. The van der Waals surface area contributed by atoms with Crippen LogP contribution in [0.4, 0.5) is 0 Å². The summed E-state index contributed by atoms with van der Waals surface area (Å²) >= 11 is 0. The van der Waals surface area contributed by atoms with Gasteiger partial charge in [-0.15, -0.1) is 0 Å². The summed E-state index contributed by atoms with van der Waals surface area (Å²) in [5.74, 6) is 0.458. The van der Waals surface area contributed by atoms with Gasteiger partial charge in [-0.25, -0.2) is 0 Å². The van der Waals surface area contributed by atoms with Crippen molar-refractivity contribution in [3.63, 3.8) is 0 Å². The van der Waals surface area contributed by atoms with Crippen LogP contribution in [0, 0.1) is 17.2 Å². The normalized spacial score (nSPS) is 23.1. The Balaban J connectivity index is 2.71. The summed E-state index contributed by atoms with van der Waals surface area (Å²) in [5, 5.41) is 9.26. The monoisotopic (exact) mass is 211 g/mol. The average molecular weight is 211 g/mol. The molecule has 1 rings (SSSR count). The predicted molar refractivity (Wildman–Crippen MR) is 60.4 cm³/mol. The molecule has 1 aliphatic rings. The number of hydrogen-bond donors (Lipinski definition) is 0. The van der Waals surface area contributed by atoms with E-state index in [-0.39, 0.29) is 0 Å². The summed E-state index contributed by atoms with van der Waals surface area (Å²) in [5.41, 5.74) is -0.527. The zero-order valence-corrected chi connectivity index (χ0v) is 10.8. The van der Waals surface area contributed by atoms with Crippen molar-refractivity contribution in [1.82, 2.24) is 0 Å². The molecule has 0 aromatic carbocycles. The summed E-state index contributed by atoms with van der Waals surface area (Å²) in [4.78, 5) is 0. The van der Waals surface area contributed by atoms with Crippen LogP contribution < -0.4 is 0 Å². The maximum atomic E-state index is 9.26. The smallest absolute Gasteiger partial charge is 0.185 e. The molecule has 1 aliphatic carbocycles. The van der Waals surface area contributed by atoms with Gasteiger partial charge in [0.2, 0.25) is 0 Å². The highest BCUT2D eigenvalue weighted by Gasteiger charge is 2.40. The first-order valence-electron chi connectivity index (χ1n) is 5.49. The Morgan fingerprint density at radius 2 is 1.79 bits per heavy atom. The van der Waals surface area contributed by atoms with Gasteiger partial charge in [0, 0.05) is 5.92 Å². The quantitative estimate of drug-likeness (QED) is 0.671. The minimum absolute atomic E-state index is 0.458. The van der Waals surface area contributed by atoms with Crippen LogP contribution in [-0.4, -0.2) is 13.9 Å². The molecule has 3 heteroatoms. The fraction of sp³-hybridized carbons (Fsp3) is 0.909. The number of nitriles is 1. The van der Waals surface area contributed by atoms with Crippen molar-refractivity contribution >= 4 is 8.32 Å². The molecule has 1 saturated carbocycles. The van der Waals surface area contributed by atoms with Gasteiger partial charge < -0.3 is 4.43 Å². The Labute approximate surface area is 88.4 Å². The molecule has 1 atom stereocenters. The number of rotatable bonds is 3. The molecule has 0 bridgehead atoms. The maximum Gasteiger partial charge on any atom is 0.185 e. The molecule has 0 aromatic rings. The molecule has 80 valence electrons. The van der Waals surface area contributed by atoms with Crippen molar-refractivity contribution in [1.29, 1.82) is 5.26 Å². The highest BCUT2D eigenvalue weighted by Crippen LogP contribution is 2.37. The van der Waals surface area contributed by atoms with Crippen LogP contribution in [0.25, 0.3) is 0 Å². The summed E-state index contributed by atoms with van der Waals surface area (Å²) in [7, 11) is -1.60. The van der Waals surface area contributed by atoms with Crippen LogP contribution >= 0.6 is 0 Å². The summed E-state index contributed by atoms with van der Waals surface area (Å²) in [6.07, 6.45) is 4.84. The van der Waals surface area contributed by atoms with Crippen LogP contribution in [0.2, 0.25) is 19.6 Å². The van der Waals surface area contributed by atoms with Crippen LogP contribution in [0.15, 0.2) is 0 Å². The first-order valence-corrected chi connectivity index (χ1v) is 8.90. The van der Waals surface area contributed by atoms with Gasteiger partial charge in [-0.3, -0.25) is 0 Å². The van der Waals surface area contributed by atoms with Crippen LogP contribution in [0.1, 0.15) is 32.6 Å². The van der Waals surface area contributed by atoms with Crippen molar-refractivity contribution in [3.8, 4) is 6.07 Å². The van der Waals surface area contributed by atoms with Crippen molar-refractivity contribution in [3.05, 3.63) is 0 Å². The molecule has 0 saturated heterocycles. The highest BCUT2D eigenvalue weighted by atomic mass is 28.4. The lowest BCUT2D eigenvalue weighted by molar-refractivity contribution is 0.0755. The molecule has 2 nitrogen and oxygen atoms in total. The van der Waals surface area contributed by atoms with Crippen LogP contribution in [0.5, 0.6) is 0 Å². The Bertz CT molecular complexity index is 235. The highest BCUT2D eigenvalue weighted by molar-refractivity contribution is 6.69. The third-order valence-corrected chi connectivity index (χ3v) is 3.91. The predicted octanol–water partition coefficient (Wildman–Crippen LogP) is 3.31.